The molecule has 1 unspecified atom stereocenters. The van der Waals surface area contributed by atoms with Crippen molar-refractivity contribution in [2.24, 2.45) is 0 Å². The highest BCUT2D eigenvalue weighted by molar-refractivity contribution is 5.71. The molecule has 0 amide bonds. The third kappa shape index (κ3) is 58.8. The van der Waals surface area contributed by atoms with Gasteiger partial charge in [0.25, 0.3) is 0 Å². The van der Waals surface area contributed by atoms with Gasteiger partial charge in [-0.3, -0.25) is 14.4 Å². The predicted molar refractivity (Wildman–Crippen MR) is 312 cm³/mol. The minimum atomic E-state index is -0.769. The van der Waals surface area contributed by atoms with Crippen molar-refractivity contribution in [2.45, 2.75) is 367 Å². The Hall–Kier alpha value is -2.11. The number of allylic oxidation sites excluding steroid dienone is 4. The monoisotopic (exact) mass is 1010 g/mol. The predicted octanol–water partition coefficient (Wildman–Crippen LogP) is 21.8. The van der Waals surface area contributed by atoms with E-state index in [1.807, 2.05) is 0 Å². The molecule has 0 spiro atoms. The molecule has 0 N–H and O–H groups in total. The molecule has 6 heteroatoms. The van der Waals surface area contributed by atoms with Gasteiger partial charge in [-0.2, -0.15) is 0 Å². The van der Waals surface area contributed by atoms with Gasteiger partial charge in [-0.15, -0.1) is 0 Å². The van der Waals surface area contributed by atoms with Crippen LogP contribution in [0.2, 0.25) is 0 Å². The standard InChI is InChI=1S/C66H124O6/c1-4-7-10-13-16-19-22-25-26-27-28-29-30-31-32-33-34-35-36-37-38-39-40-42-44-47-50-53-56-59-65(68)71-62-63(61-70-64(67)58-55-52-49-46-43-24-21-18-15-12-9-6-3)72-66(69)60-57-54-51-48-45-41-23-20-17-14-11-8-5-2/h18,21,27-28,63H,4-17,19-20,22-26,29-62H2,1-3H3/b21-18-,28-27-. The average molecular weight is 1010 g/mol. The van der Waals surface area contributed by atoms with Crippen LogP contribution in [0.25, 0.3) is 0 Å². The molecule has 0 rings (SSSR count). The zero-order valence-electron chi connectivity index (χ0n) is 48.7. The van der Waals surface area contributed by atoms with Crippen LogP contribution in [-0.4, -0.2) is 37.2 Å². The lowest BCUT2D eigenvalue weighted by Gasteiger charge is -2.18. The Balaban J connectivity index is 4.10. The highest BCUT2D eigenvalue weighted by atomic mass is 16.6. The van der Waals surface area contributed by atoms with E-state index in [4.69, 9.17) is 14.2 Å². The molecule has 6 nitrogen and oxygen atoms in total. The summed E-state index contributed by atoms with van der Waals surface area (Å²) in [5.74, 6) is -0.854. The lowest BCUT2D eigenvalue weighted by atomic mass is 10.0. The topological polar surface area (TPSA) is 78.9 Å². The van der Waals surface area contributed by atoms with E-state index in [0.29, 0.717) is 19.3 Å². The van der Waals surface area contributed by atoms with E-state index >= 15 is 0 Å². The van der Waals surface area contributed by atoms with Gasteiger partial charge in [0.15, 0.2) is 6.10 Å². The summed E-state index contributed by atoms with van der Waals surface area (Å²) < 4.78 is 16.9. The fourth-order valence-electron chi connectivity index (χ4n) is 9.79. The van der Waals surface area contributed by atoms with Gasteiger partial charge >= 0.3 is 17.9 Å². The Morgan fingerprint density at radius 2 is 0.458 bits per heavy atom. The normalized spacial score (nSPS) is 12.1. The Kier molecular flexibility index (Phi) is 59.6. The van der Waals surface area contributed by atoms with E-state index in [0.717, 1.165) is 64.2 Å². The Bertz CT molecular complexity index is 1160. The van der Waals surface area contributed by atoms with Crippen molar-refractivity contribution < 1.29 is 28.6 Å². The first-order chi connectivity index (χ1) is 35.5. The average Bonchev–Trinajstić information content (AvgIpc) is 3.38. The van der Waals surface area contributed by atoms with Crippen molar-refractivity contribution in [3.63, 3.8) is 0 Å². The zero-order valence-corrected chi connectivity index (χ0v) is 48.7. The van der Waals surface area contributed by atoms with Crippen LogP contribution in [0.5, 0.6) is 0 Å². The molecule has 0 fully saturated rings. The van der Waals surface area contributed by atoms with Crippen LogP contribution in [-0.2, 0) is 28.6 Å². The van der Waals surface area contributed by atoms with Crippen LogP contribution < -0.4 is 0 Å². The summed E-state index contributed by atoms with van der Waals surface area (Å²) in [6.45, 7) is 6.66. The molecule has 1 atom stereocenters. The number of esters is 3. The number of carbonyl (C=O) groups excluding carboxylic acids is 3. The van der Waals surface area contributed by atoms with Gasteiger partial charge in [-0.1, -0.05) is 295 Å². The molecule has 0 aliphatic carbocycles. The molecular weight excluding hydrogens is 889 g/mol. The van der Waals surface area contributed by atoms with Crippen molar-refractivity contribution in [3.05, 3.63) is 24.3 Å². The van der Waals surface area contributed by atoms with E-state index in [2.05, 4.69) is 45.1 Å². The summed E-state index contributed by atoms with van der Waals surface area (Å²) in [5, 5.41) is 0. The van der Waals surface area contributed by atoms with Crippen LogP contribution in [0, 0.1) is 0 Å². The largest absolute Gasteiger partial charge is 0.462 e. The van der Waals surface area contributed by atoms with Gasteiger partial charge in [-0.05, 0) is 70.6 Å². The number of rotatable bonds is 60. The first kappa shape index (κ1) is 69.9. The minimum absolute atomic E-state index is 0.0682. The van der Waals surface area contributed by atoms with Crippen molar-refractivity contribution in [1.82, 2.24) is 0 Å². The van der Waals surface area contributed by atoms with Crippen LogP contribution >= 0.6 is 0 Å². The van der Waals surface area contributed by atoms with E-state index < -0.39 is 6.10 Å². The first-order valence-electron chi connectivity index (χ1n) is 32.3. The number of ether oxygens (including phenoxy) is 3. The Morgan fingerprint density at radius 1 is 0.264 bits per heavy atom. The van der Waals surface area contributed by atoms with Gasteiger partial charge in [0.05, 0.1) is 0 Å². The Morgan fingerprint density at radius 3 is 0.722 bits per heavy atom. The summed E-state index contributed by atoms with van der Waals surface area (Å²) in [6.07, 6.45) is 73.5. The van der Waals surface area contributed by atoms with E-state index in [-0.39, 0.29) is 31.1 Å². The molecule has 0 aromatic rings. The van der Waals surface area contributed by atoms with Gasteiger partial charge < -0.3 is 14.2 Å². The summed E-state index contributed by atoms with van der Waals surface area (Å²) in [7, 11) is 0. The first-order valence-corrected chi connectivity index (χ1v) is 32.3. The van der Waals surface area contributed by atoms with Crippen molar-refractivity contribution in [3.8, 4) is 0 Å². The maximum absolute atomic E-state index is 12.8. The lowest BCUT2D eigenvalue weighted by molar-refractivity contribution is -0.167. The third-order valence-corrected chi connectivity index (χ3v) is 14.7. The molecule has 0 saturated heterocycles. The summed E-state index contributed by atoms with van der Waals surface area (Å²) in [5.41, 5.74) is 0. The molecule has 0 aliphatic heterocycles. The molecule has 0 radical (unpaired) electrons. The van der Waals surface area contributed by atoms with Crippen molar-refractivity contribution >= 4 is 17.9 Å². The molecule has 0 bridgehead atoms. The van der Waals surface area contributed by atoms with E-state index in [1.54, 1.807) is 0 Å². The van der Waals surface area contributed by atoms with Crippen molar-refractivity contribution in [1.29, 1.82) is 0 Å². The van der Waals surface area contributed by atoms with Gasteiger partial charge in [0.1, 0.15) is 13.2 Å². The third-order valence-electron chi connectivity index (χ3n) is 14.7. The van der Waals surface area contributed by atoms with E-state index in [1.165, 1.54) is 257 Å². The Labute approximate surface area is 449 Å². The summed E-state index contributed by atoms with van der Waals surface area (Å²) in [4.78, 5) is 38.2. The fourth-order valence-corrected chi connectivity index (χ4v) is 9.79. The van der Waals surface area contributed by atoms with Crippen LogP contribution in [0.4, 0.5) is 0 Å². The van der Waals surface area contributed by atoms with Crippen LogP contribution in [0.3, 0.4) is 0 Å². The second-order valence-electron chi connectivity index (χ2n) is 22.0. The molecule has 424 valence electrons. The summed E-state index contributed by atoms with van der Waals surface area (Å²) >= 11 is 0. The SMILES string of the molecule is CCCCC/C=C\CCCCCCCC(=O)OCC(COC(=O)CCCCCCCCCCCCCCCCCCC/C=C\CCCCCCCCCC)OC(=O)CCCCCCCCCCCCCCC. The number of unbranched alkanes of at least 4 members (excludes halogenated alkanes) is 45. The van der Waals surface area contributed by atoms with Crippen molar-refractivity contribution in [2.75, 3.05) is 13.2 Å². The molecule has 0 heterocycles. The second kappa shape index (κ2) is 61.4. The molecule has 0 saturated carbocycles. The number of hydrogen-bond donors (Lipinski definition) is 0. The highest BCUT2D eigenvalue weighted by Gasteiger charge is 2.19. The maximum atomic E-state index is 12.8. The fraction of sp³-hybridized carbons (Fsp3) is 0.894. The van der Waals surface area contributed by atoms with Gasteiger partial charge in [0, 0.05) is 19.3 Å². The van der Waals surface area contributed by atoms with Gasteiger partial charge in [0.2, 0.25) is 0 Å². The lowest BCUT2D eigenvalue weighted by Crippen LogP contribution is -2.30. The van der Waals surface area contributed by atoms with Gasteiger partial charge in [-0.25, -0.2) is 0 Å². The van der Waals surface area contributed by atoms with Crippen LogP contribution in [0.1, 0.15) is 361 Å². The molecule has 72 heavy (non-hydrogen) atoms. The molecule has 0 aliphatic rings. The molecule has 0 aromatic carbocycles. The quantitative estimate of drug-likeness (QED) is 0.0261. The minimum Gasteiger partial charge on any atom is -0.462 e. The molecule has 0 aromatic heterocycles. The number of hydrogen-bond acceptors (Lipinski definition) is 6. The maximum Gasteiger partial charge on any atom is 0.306 e. The van der Waals surface area contributed by atoms with E-state index in [9.17, 15) is 14.4 Å². The zero-order chi connectivity index (χ0) is 52.2. The van der Waals surface area contributed by atoms with Crippen LogP contribution in [0.15, 0.2) is 24.3 Å². The second-order valence-corrected chi connectivity index (χ2v) is 22.0. The summed E-state index contributed by atoms with van der Waals surface area (Å²) in [6, 6.07) is 0. The number of carbonyl (C=O) groups is 3. The highest BCUT2D eigenvalue weighted by Crippen LogP contribution is 2.18. The smallest absolute Gasteiger partial charge is 0.306 e. The molecular formula is C66H124O6.